The first-order chi connectivity index (χ1) is 14.2. The molecule has 3 aromatic rings. The predicted octanol–water partition coefficient (Wildman–Crippen LogP) is 3.37. The Labute approximate surface area is 194 Å². The average molecular weight is 521 g/mol. The lowest BCUT2D eigenvalue weighted by molar-refractivity contribution is 0.354. The van der Waals surface area contributed by atoms with Crippen LogP contribution in [0.3, 0.4) is 0 Å². The highest BCUT2D eigenvalue weighted by atomic mass is 127. The van der Waals surface area contributed by atoms with Crippen molar-refractivity contribution in [1.82, 2.24) is 14.9 Å². The molecular formula is C22H28IN5O2. The summed E-state index contributed by atoms with van der Waals surface area (Å²) in [5.74, 6) is 2.66. The van der Waals surface area contributed by atoms with Crippen LogP contribution in [0.25, 0.3) is 0 Å². The summed E-state index contributed by atoms with van der Waals surface area (Å²) in [4.78, 5) is 8.82. The number of nitrogens with zero attached hydrogens (tertiary/aromatic N) is 3. The fraction of sp³-hybridized carbons (Fsp3) is 0.273. The lowest BCUT2D eigenvalue weighted by Crippen LogP contribution is -2.32. The molecule has 0 aliphatic heterocycles. The van der Waals surface area contributed by atoms with Crippen molar-refractivity contribution in [2.24, 2.45) is 10.7 Å². The molecule has 0 saturated carbocycles. The number of benzene rings is 2. The van der Waals surface area contributed by atoms with E-state index in [1.165, 1.54) is 5.56 Å². The summed E-state index contributed by atoms with van der Waals surface area (Å²) in [6, 6.07) is 16.1. The SMILES string of the molecule is COc1ccc(CN=C(N)NCc2nccn2CCc2ccccc2)cc1OC.I. The highest BCUT2D eigenvalue weighted by Crippen LogP contribution is 2.27. The van der Waals surface area contributed by atoms with Gasteiger partial charge in [0.15, 0.2) is 17.5 Å². The summed E-state index contributed by atoms with van der Waals surface area (Å²) in [5.41, 5.74) is 8.31. The Hall–Kier alpha value is -2.75. The number of aryl methyl sites for hydroxylation is 2. The van der Waals surface area contributed by atoms with E-state index in [2.05, 4.69) is 44.1 Å². The molecule has 1 heterocycles. The van der Waals surface area contributed by atoms with E-state index in [-0.39, 0.29) is 24.0 Å². The Morgan fingerprint density at radius 2 is 1.83 bits per heavy atom. The minimum atomic E-state index is 0. The van der Waals surface area contributed by atoms with Crippen molar-refractivity contribution in [2.45, 2.75) is 26.1 Å². The van der Waals surface area contributed by atoms with E-state index in [0.29, 0.717) is 30.5 Å². The quantitative estimate of drug-likeness (QED) is 0.256. The summed E-state index contributed by atoms with van der Waals surface area (Å²) in [5, 5.41) is 3.13. The van der Waals surface area contributed by atoms with Crippen molar-refractivity contribution >= 4 is 29.9 Å². The maximum absolute atomic E-state index is 6.03. The maximum atomic E-state index is 6.03. The van der Waals surface area contributed by atoms with Gasteiger partial charge in [-0.25, -0.2) is 9.98 Å². The highest BCUT2D eigenvalue weighted by Gasteiger charge is 2.06. The Morgan fingerprint density at radius 1 is 1.07 bits per heavy atom. The molecule has 0 saturated heterocycles. The fourth-order valence-corrected chi connectivity index (χ4v) is 2.99. The van der Waals surface area contributed by atoms with Gasteiger partial charge in [0, 0.05) is 18.9 Å². The largest absolute Gasteiger partial charge is 0.493 e. The van der Waals surface area contributed by atoms with Crippen LogP contribution in [-0.2, 0) is 26.1 Å². The zero-order valence-corrected chi connectivity index (χ0v) is 19.6. The summed E-state index contributed by atoms with van der Waals surface area (Å²) in [7, 11) is 3.22. The number of ether oxygens (including phenoxy) is 2. The summed E-state index contributed by atoms with van der Waals surface area (Å²) < 4.78 is 12.7. The van der Waals surface area contributed by atoms with Gasteiger partial charge >= 0.3 is 0 Å². The summed E-state index contributed by atoms with van der Waals surface area (Å²) >= 11 is 0. The molecule has 0 bridgehead atoms. The summed E-state index contributed by atoms with van der Waals surface area (Å²) in [6.45, 7) is 1.83. The highest BCUT2D eigenvalue weighted by molar-refractivity contribution is 14.0. The number of hydrogen-bond acceptors (Lipinski definition) is 4. The van der Waals surface area contributed by atoms with E-state index >= 15 is 0 Å². The summed E-state index contributed by atoms with van der Waals surface area (Å²) in [6.07, 6.45) is 4.74. The smallest absolute Gasteiger partial charge is 0.189 e. The first kappa shape index (κ1) is 23.5. The number of aromatic nitrogens is 2. The van der Waals surface area contributed by atoms with E-state index in [0.717, 1.165) is 24.4 Å². The van der Waals surface area contributed by atoms with Gasteiger partial charge in [-0.3, -0.25) is 0 Å². The number of halogens is 1. The first-order valence-electron chi connectivity index (χ1n) is 9.48. The third-order valence-electron chi connectivity index (χ3n) is 4.59. The lowest BCUT2D eigenvalue weighted by Gasteiger charge is -2.10. The van der Waals surface area contributed by atoms with Crippen molar-refractivity contribution < 1.29 is 9.47 Å². The molecule has 3 N–H and O–H groups in total. The van der Waals surface area contributed by atoms with Crippen molar-refractivity contribution in [3.63, 3.8) is 0 Å². The Bertz CT molecular complexity index is 944. The Morgan fingerprint density at radius 3 is 2.57 bits per heavy atom. The third-order valence-corrected chi connectivity index (χ3v) is 4.59. The van der Waals surface area contributed by atoms with Crippen molar-refractivity contribution in [2.75, 3.05) is 14.2 Å². The number of methoxy groups -OCH3 is 2. The van der Waals surface area contributed by atoms with E-state index in [4.69, 9.17) is 15.2 Å². The van der Waals surface area contributed by atoms with Crippen LogP contribution in [-0.4, -0.2) is 29.7 Å². The van der Waals surface area contributed by atoms with Crippen LogP contribution in [0.4, 0.5) is 0 Å². The van der Waals surface area contributed by atoms with Crippen LogP contribution in [0.15, 0.2) is 65.9 Å². The van der Waals surface area contributed by atoms with E-state index in [9.17, 15) is 0 Å². The van der Waals surface area contributed by atoms with Crippen LogP contribution >= 0.6 is 24.0 Å². The monoisotopic (exact) mass is 521 g/mol. The number of nitrogens with one attached hydrogen (secondary N) is 1. The maximum Gasteiger partial charge on any atom is 0.189 e. The number of hydrogen-bond donors (Lipinski definition) is 2. The van der Waals surface area contributed by atoms with Gasteiger partial charge < -0.3 is 25.1 Å². The van der Waals surface area contributed by atoms with Crippen molar-refractivity contribution in [3.05, 3.63) is 77.9 Å². The van der Waals surface area contributed by atoms with Gasteiger partial charge in [-0.05, 0) is 29.7 Å². The van der Waals surface area contributed by atoms with Crippen LogP contribution in [0, 0.1) is 0 Å². The topological polar surface area (TPSA) is 86.7 Å². The molecular weight excluding hydrogens is 493 g/mol. The number of guanidine groups is 1. The van der Waals surface area contributed by atoms with Crippen LogP contribution in [0.5, 0.6) is 11.5 Å². The second-order valence-corrected chi connectivity index (χ2v) is 6.52. The van der Waals surface area contributed by atoms with E-state index < -0.39 is 0 Å². The molecule has 0 radical (unpaired) electrons. The minimum Gasteiger partial charge on any atom is -0.493 e. The molecule has 0 amide bonds. The van der Waals surface area contributed by atoms with Gasteiger partial charge in [0.05, 0.1) is 27.3 Å². The van der Waals surface area contributed by atoms with Crippen LogP contribution in [0.1, 0.15) is 17.0 Å². The molecule has 0 aliphatic carbocycles. The molecule has 0 unspecified atom stereocenters. The Kier molecular flexibility index (Phi) is 9.46. The third kappa shape index (κ3) is 6.65. The number of rotatable bonds is 9. The van der Waals surface area contributed by atoms with E-state index in [1.807, 2.05) is 30.5 Å². The normalized spacial score (nSPS) is 10.9. The van der Waals surface area contributed by atoms with Gasteiger partial charge in [0.25, 0.3) is 0 Å². The second kappa shape index (κ2) is 12.1. The van der Waals surface area contributed by atoms with Crippen molar-refractivity contribution in [1.29, 1.82) is 0 Å². The Balaban J connectivity index is 0.00000320. The van der Waals surface area contributed by atoms with Crippen molar-refractivity contribution in [3.8, 4) is 11.5 Å². The molecule has 0 atom stereocenters. The van der Waals surface area contributed by atoms with Gasteiger partial charge in [0.2, 0.25) is 0 Å². The molecule has 1 aromatic heterocycles. The average Bonchev–Trinajstić information content (AvgIpc) is 3.22. The molecule has 7 nitrogen and oxygen atoms in total. The number of aliphatic imine (C=N–C) groups is 1. The molecule has 3 rings (SSSR count). The molecule has 8 heteroatoms. The van der Waals surface area contributed by atoms with Gasteiger partial charge in [-0.1, -0.05) is 36.4 Å². The number of imidazole rings is 1. The van der Waals surface area contributed by atoms with Gasteiger partial charge in [-0.15, -0.1) is 24.0 Å². The molecule has 2 aromatic carbocycles. The zero-order chi connectivity index (χ0) is 20.5. The zero-order valence-electron chi connectivity index (χ0n) is 17.2. The predicted molar refractivity (Wildman–Crippen MR) is 130 cm³/mol. The van der Waals surface area contributed by atoms with Crippen LogP contribution < -0.4 is 20.5 Å². The standard InChI is InChI=1S/C22H27N5O2.HI/c1-28-19-9-8-18(14-20(19)29-2)15-25-22(23)26-16-21-24-11-13-27(21)12-10-17-6-4-3-5-7-17;/h3-9,11,13-14H,10,12,15-16H2,1-2H3,(H3,23,25,26);1H. The molecule has 0 spiro atoms. The van der Waals surface area contributed by atoms with Gasteiger partial charge in [-0.2, -0.15) is 0 Å². The second-order valence-electron chi connectivity index (χ2n) is 6.52. The molecule has 0 aliphatic rings. The molecule has 0 fully saturated rings. The minimum absolute atomic E-state index is 0. The first-order valence-corrected chi connectivity index (χ1v) is 9.48. The van der Waals surface area contributed by atoms with Crippen LogP contribution in [0.2, 0.25) is 0 Å². The molecule has 160 valence electrons. The number of nitrogens with two attached hydrogens (primary N) is 1. The fourth-order valence-electron chi connectivity index (χ4n) is 2.99. The van der Waals surface area contributed by atoms with E-state index in [1.54, 1.807) is 20.4 Å². The lowest BCUT2D eigenvalue weighted by atomic mass is 10.1. The van der Waals surface area contributed by atoms with Gasteiger partial charge in [0.1, 0.15) is 5.82 Å². The molecule has 30 heavy (non-hydrogen) atoms.